The zero-order valence-electron chi connectivity index (χ0n) is 13.9. The molecule has 0 aliphatic heterocycles. The minimum absolute atomic E-state index is 0.243. The molecule has 21 heavy (non-hydrogen) atoms. The predicted molar refractivity (Wildman–Crippen MR) is 90.1 cm³/mol. The zero-order chi connectivity index (χ0) is 15.1. The topological polar surface area (TPSA) is 21.3 Å². The molecule has 1 N–H and O–H groups in total. The molecule has 2 unspecified atom stereocenters. The maximum Gasteiger partial charge on any atom is 0.119 e. The first kappa shape index (κ1) is 16.4. The molecule has 0 aromatic heterocycles. The van der Waals surface area contributed by atoms with E-state index in [2.05, 4.69) is 50.4 Å². The average molecular weight is 289 g/mol. The molecule has 0 spiro atoms. The second-order valence-corrected chi connectivity index (χ2v) is 6.55. The van der Waals surface area contributed by atoms with E-state index < -0.39 is 0 Å². The largest absolute Gasteiger partial charge is 0.491 e. The average Bonchev–Trinajstić information content (AvgIpc) is 2.70. The van der Waals surface area contributed by atoms with Gasteiger partial charge in [0.1, 0.15) is 5.75 Å². The van der Waals surface area contributed by atoms with Crippen LogP contribution in [-0.2, 0) is 0 Å². The van der Waals surface area contributed by atoms with Crippen LogP contribution in [0.1, 0.15) is 64.4 Å². The first-order valence-electron chi connectivity index (χ1n) is 8.68. The van der Waals surface area contributed by atoms with Gasteiger partial charge in [-0.25, -0.2) is 0 Å². The molecular formula is C19H31NO. The van der Waals surface area contributed by atoms with E-state index in [0.29, 0.717) is 5.92 Å². The van der Waals surface area contributed by atoms with Crippen LogP contribution in [0, 0.1) is 5.92 Å². The number of benzene rings is 1. The lowest BCUT2D eigenvalue weighted by Crippen LogP contribution is -2.26. The lowest BCUT2D eigenvalue weighted by Gasteiger charge is -2.26. The van der Waals surface area contributed by atoms with Crippen molar-refractivity contribution in [2.45, 2.75) is 64.9 Å². The van der Waals surface area contributed by atoms with Crippen LogP contribution < -0.4 is 10.1 Å². The number of nitrogens with one attached hydrogen (secondary N) is 1. The Morgan fingerprint density at radius 3 is 2.76 bits per heavy atom. The summed E-state index contributed by atoms with van der Waals surface area (Å²) >= 11 is 0. The Labute approximate surface area is 130 Å². The van der Waals surface area contributed by atoms with E-state index in [1.807, 2.05) is 0 Å². The van der Waals surface area contributed by atoms with Crippen molar-refractivity contribution in [2.75, 3.05) is 13.1 Å². The summed E-state index contributed by atoms with van der Waals surface area (Å²) in [4.78, 5) is 0. The van der Waals surface area contributed by atoms with Gasteiger partial charge >= 0.3 is 0 Å². The molecule has 1 aliphatic rings. The van der Waals surface area contributed by atoms with Crippen molar-refractivity contribution >= 4 is 0 Å². The summed E-state index contributed by atoms with van der Waals surface area (Å²) in [5, 5.41) is 3.56. The maximum absolute atomic E-state index is 5.88. The van der Waals surface area contributed by atoms with Crippen molar-refractivity contribution in [2.24, 2.45) is 5.92 Å². The fraction of sp³-hybridized carbons (Fsp3) is 0.684. The van der Waals surface area contributed by atoms with Gasteiger partial charge in [-0.1, -0.05) is 38.3 Å². The molecule has 1 aliphatic carbocycles. The van der Waals surface area contributed by atoms with Gasteiger partial charge in [0.05, 0.1) is 6.10 Å². The van der Waals surface area contributed by atoms with Crippen LogP contribution in [0.4, 0.5) is 0 Å². The summed E-state index contributed by atoms with van der Waals surface area (Å²) in [7, 11) is 0. The summed E-state index contributed by atoms with van der Waals surface area (Å²) in [6.45, 7) is 8.59. The van der Waals surface area contributed by atoms with Crippen LogP contribution in [0.3, 0.4) is 0 Å². The van der Waals surface area contributed by atoms with Gasteiger partial charge in [-0.2, -0.15) is 0 Å². The second kappa shape index (κ2) is 8.43. The number of hydrogen-bond donors (Lipinski definition) is 1. The maximum atomic E-state index is 5.88. The van der Waals surface area contributed by atoms with Gasteiger partial charge in [-0.3, -0.25) is 0 Å². The quantitative estimate of drug-likeness (QED) is 0.763. The molecule has 2 rings (SSSR count). The minimum atomic E-state index is 0.243. The van der Waals surface area contributed by atoms with Crippen molar-refractivity contribution in [3.05, 3.63) is 29.8 Å². The third kappa shape index (κ3) is 5.03. The predicted octanol–water partition coefficient (Wildman–Crippen LogP) is 4.75. The fourth-order valence-electron chi connectivity index (χ4n) is 3.49. The normalized spacial score (nSPS) is 23.0. The SMILES string of the molecule is CCNCC1CCCCCC1c1cccc(OC(C)C)c1. The lowest BCUT2D eigenvalue weighted by molar-refractivity contribution is 0.241. The Balaban J connectivity index is 2.14. The first-order valence-corrected chi connectivity index (χ1v) is 8.68. The fourth-order valence-corrected chi connectivity index (χ4v) is 3.49. The molecule has 2 nitrogen and oxygen atoms in total. The third-order valence-electron chi connectivity index (χ3n) is 4.47. The van der Waals surface area contributed by atoms with Crippen molar-refractivity contribution in [3.8, 4) is 5.75 Å². The third-order valence-corrected chi connectivity index (χ3v) is 4.47. The van der Waals surface area contributed by atoms with E-state index in [4.69, 9.17) is 4.74 Å². The highest BCUT2D eigenvalue weighted by Crippen LogP contribution is 2.37. The van der Waals surface area contributed by atoms with Crippen molar-refractivity contribution in [1.29, 1.82) is 0 Å². The summed E-state index contributed by atoms with van der Waals surface area (Å²) in [6.07, 6.45) is 7.05. The van der Waals surface area contributed by atoms with E-state index in [-0.39, 0.29) is 6.10 Å². The van der Waals surface area contributed by atoms with Crippen molar-refractivity contribution < 1.29 is 4.74 Å². The van der Waals surface area contributed by atoms with E-state index >= 15 is 0 Å². The number of rotatable bonds is 6. The van der Waals surface area contributed by atoms with Crippen LogP contribution in [0.2, 0.25) is 0 Å². The highest BCUT2D eigenvalue weighted by Gasteiger charge is 2.25. The lowest BCUT2D eigenvalue weighted by atomic mass is 9.82. The Kier molecular flexibility index (Phi) is 6.56. The Bertz CT molecular complexity index is 416. The monoisotopic (exact) mass is 289 g/mol. The molecule has 0 bridgehead atoms. The smallest absolute Gasteiger partial charge is 0.119 e. The van der Waals surface area contributed by atoms with Crippen molar-refractivity contribution in [1.82, 2.24) is 5.32 Å². The number of hydrogen-bond acceptors (Lipinski definition) is 2. The Hall–Kier alpha value is -1.02. The van der Waals surface area contributed by atoms with Gasteiger partial charge in [-0.05, 0) is 69.3 Å². The van der Waals surface area contributed by atoms with Gasteiger partial charge in [0.2, 0.25) is 0 Å². The minimum Gasteiger partial charge on any atom is -0.491 e. The molecular weight excluding hydrogens is 258 g/mol. The molecule has 118 valence electrons. The number of ether oxygens (including phenoxy) is 1. The molecule has 1 saturated carbocycles. The summed E-state index contributed by atoms with van der Waals surface area (Å²) in [5.41, 5.74) is 1.47. The summed E-state index contributed by atoms with van der Waals surface area (Å²) in [5.74, 6) is 2.47. The second-order valence-electron chi connectivity index (χ2n) is 6.55. The van der Waals surface area contributed by atoms with E-state index in [1.54, 1.807) is 0 Å². The summed E-state index contributed by atoms with van der Waals surface area (Å²) < 4.78 is 5.88. The molecule has 0 saturated heterocycles. The van der Waals surface area contributed by atoms with Crippen LogP contribution in [0.5, 0.6) is 5.75 Å². The van der Waals surface area contributed by atoms with Crippen LogP contribution in [0.25, 0.3) is 0 Å². The van der Waals surface area contributed by atoms with Crippen LogP contribution >= 0.6 is 0 Å². The van der Waals surface area contributed by atoms with Crippen LogP contribution in [-0.4, -0.2) is 19.2 Å². The first-order chi connectivity index (χ1) is 10.2. The molecule has 1 fully saturated rings. The van der Waals surface area contributed by atoms with Crippen molar-refractivity contribution in [3.63, 3.8) is 0 Å². The van der Waals surface area contributed by atoms with Crippen LogP contribution in [0.15, 0.2) is 24.3 Å². The van der Waals surface area contributed by atoms with Gasteiger partial charge in [0, 0.05) is 0 Å². The molecule has 0 heterocycles. The highest BCUT2D eigenvalue weighted by atomic mass is 16.5. The molecule has 0 radical (unpaired) electrons. The molecule has 2 heteroatoms. The van der Waals surface area contributed by atoms with E-state index in [9.17, 15) is 0 Å². The molecule has 0 amide bonds. The van der Waals surface area contributed by atoms with Gasteiger partial charge in [0.15, 0.2) is 0 Å². The van der Waals surface area contributed by atoms with E-state index in [0.717, 1.165) is 24.8 Å². The van der Waals surface area contributed by atoms with E-state index in [1.165, 1.54) is 37.7 Å². The van der Waals surface area contributed by atoms with Gasteiger partial charge < -0.3 is 10.1 Å². The standard InChI is InChI=1S/C19H31NO/c1-4-20-14-17-9-6-5-7-12-19(17)16-10-8-11-18(13-16)21-15(2)3/h8,10-11,13,15,17,19-20H,4-7,9,12,14H2,1-3H3. The Morgan fingerprint density at radius 2 is 2.00 bits per heavy atom. The van der Waals surface area contributed by atoms with Gasteiger partial charge in [-0.15, -0.1) is 0 Å². The highest BCUT2D eigenvalue weighted by molar-refractivity contribution is 5.31. The molecule has 2 atom stereocenters. The van der Waals surface area contributed by atoms with Gasteiger partial charge in [0.25, 0.3) is 0 Å². The molecule has 1 aromatic rings. The summed E-state index contributed by atoms with van der Waals surface area (Å²) in [6, 6.07) is 8.80. The zero-order valence-corrected chi connectivity index (χ0v) is 13.9. The molecule has 1 aromatic carbocycles. The Morgan fingerprint density at radius 1 is 1.19 bits per heavy atom.